The van der Waals surface area contributed by atoms with Gasteiger partial charge in [0.05, 0.1) is 5.60 Å². The highest BCUT2D eigenvalue weighted by Gasteiger charge is 2.34. The fourth-order valence-electron chi connectivity index (χ4n) is 3.48. The second kappa shape index (κ2) is 6.25. The van der Waals surface area contributed by atoms with E-state index >= 15 is 0 Å². The summed E-state index contributed by atoms with van der Waals surface area (Å²) in [5.74, 6) is 0. The third kappa shape index (κ3) is 3.05. The summed E-state index contributed by atoms with van der Waals surface area (Å²) in [4.78, 5) is 2.50. The van der Waals surface area contributed by atoms with E-state index in [1.807, 2.05) is 7.11 Å². The predicted octanol–water partition coefficient (Wildman–Crippen LogP) is 2.80. The average molecular weight is 276 g/mol. The van der Waals surface area contributed by atoms with Gasteiger partial charge >= 0.3 is 0 Å². The van der Waals surface area contributed by atoms with Gasteiger partial charge in [-0.15, -0.1) is 0 Å². The number of benzene rings is 1. The van der Waals surface area contributed by atoms with Gasteiger partial charge in [0.15, 0.2) is 0 Å². The first-order chi connectivity index (χ1) is 9.50. The van der Waals surface area contributed by atoms with Crippen LogP contribution < -0.4 is 5.73 Å². The maximum Gasteiger partial charge on any atom is 0.0777 e. The van der Waals surface area contributed by atoms with Crippen molar-refractivity contribution < 1.29 is 4.74 Å². The molecule has 1 aliphatic rings. The van der Waals surface area contributed by atoms with E-state index in [0.29, 0.717) is 12.6 Å². The number of hydrogen-bond acceptors (Lipinski definition) is 3. The number of hydrogen-bond donors (Lipinski definition) is 1. The molecule has 3 nitrogen and oxygen atoms in total. The lowest BCUT2D eigenvalue weighted by atomic mass is 9.89. The lowest BCUT2D eigenvalue weighted by Crippen LogP contribution is -2.50. The van der Waals surface area contributed by atoms with E-state index in [1.54, 1.807) is 0 Å². The smallest absolute Gasteiger partial charge is 0.0777 e. The van der Waals surface area contributed by atoms with Crippen molar-refractivity contribution in [2.75, 3.05) is 26.7 Å². The zero-order valence-electron chi connectivity index (χ0n) is 13.3. The molecule has 0 amide bonds. The molecule has 1 aromatic carbocycles. The van der Waals surface area contributed by atoms with Crippen molar-refractivity contribution in [3.05, 3.63) is 34.9 Å². The summed E-state index contributed by atoms with van der Waals surface area (Å²) in [5, 5.41) is 0. The zero-order valence-corrected chi connectivity index (χ0v) is 13.3. The Balaban J connectivity index is 2.28. The number of aryl methyl sites for hydroxylation is 2. The molecule has 20 heavy (non-hydrogen) atoms. The highest BCUT2D eigenvalue weighted by molar-refractivity contribution is 5.36. The largest absolute Gasteiger partial charge is 0.377 e. The Hall–Kier alpha value is -0.900. The highest BCUT2D eigenvalue weighted by Crippen LogP contribution is 2.32. The van der Waals surface area contributed by atoms with Crippen LogP contribution in [0.25, 0.3) is 0 Å². The molecule has 0 saturated carbocycles. The lowest BCUT2D eigenvalue weighted by molar-refractivity contribution is -0.0609. The van der Waals surface area contributed by atoms with E-state index in [4.69, 9.17) is 10.5 Å². The molecular weight excluding hydrogens is 248 g/mol. The lowest BCUT2D eigenvalue weighted by Gasteiger charge is -2.43. The fourth-order valence-corrected chi connectivity index (χ4v) is 3.48. The number of nitrogens with two attached hydrogens (primary N) is 1. The van der Waals surface area contributed by atoms with Crippen molar-refractivity contribution in [2.45, 2.75) is 45.3 Å². The molecule has 0 aliphatic carbocycles. The molecule has 0 aromatic heterocycles. The molecule has 2 atom stereocenters. The summed E-state index contributed by atoms with van der Waals surface area (Å²) in [7, 11) is 1.82. The number of rotatable bonds is 4. The molecule has 3 heteroatoms. The first-order valence-electron chi connectivity index (χ1n) is 7.56. The number of ether oxygens (including phenoxy) is 1. The third-order valence-corrected chi connectivity index (χ3v) is 4.72. The Morgan fingerprint density at radius 2 is 2.00 bits per heavy atom. The summed E-state index contributed by atoms with van der Waals surface area (Å²) in [6.07, 6.45) is 2.30. The molecule has 112 valence electrons. The molecule has 2 rings (SSSR count). The standard InChI is InChI=1S/C17H28N2O/c1-13-7-5-8-14(2)16(13)15(11-18)19-10-6-9-17(3,12-19)20-4/h5,7-8,15H,6,9-12,18H2,1-4H3. The molecule has 1 saturated heterocycles. The molecule has 0 radical (unpaired) electrons. The molecule has 1 fully saturated rings. The number of likely N-dealkylation sites (tertiary alicyclic amines) is 1. The maximum atomic E-state index is 6.12. The monoisotopic (exact) mass is 276 g/mol. The van der Waals surface area contributed by atoms with Crippen LogP contribution in [0, 0.1) is 13.8 Å². The van der Waals surface area contributed by atoms with Gasteiger partial charge in [-0.3, -0.25) is 4.90 Å². The molecule has 0 bridgehead atoms. The van der Waals surface area contributed by atoms with E-state index in [2.05, 4.69) is 43.9 Å². The van der Waals surface area contributed by atoms with Crippen LogP contribution in [0.15, 0.2) is 18.2 Å². The van der Waals surface area contributed by atoms with Gasteiger partial charge in [0, 0.05) is 26.2 Å². The summed E-state index contributed by atoms with van der Waals surface area (Å²) in [6.45, 7) is 9.30. The van der Waals surface area contributed by atoms with Crippen LogP contribution >= 0.6 is 0 Å². The quantitative estimate of drug-likeness (QED) is 0.919. The van der Waals surface area contributed by atoms with Gasteiger partial charge in [-0.1, -0.05) is 18.2 Å². The third-order valence-electron chi connectivity index (χ3n) is 4.72. The topological polar surface area (TPSA) is 38.5 Å². The van der Waals surface area contributed by atoms with E-state index in [9.17, 15) is 0 Å². The van der Waals surface area contributed by atoms with Gasteiger partial charge in [0.25, 0.3) is 0 Å². The number of nitrogens with zero attached hydrogens (tertiary/aromatic N) is 1. The van der Waals surface area contributed by atoms with Crippen molar-refractivity contribution >= 4 is 0 Å². The van der Waals surface area contributed by atoms with Crippen LogP contribution in [0.3, 0.4) is 0 Å². The second-order valence-corrected chi connectivity index (χ2v) is 6.29. The van der Waals surface area contributed by atoms with E-state index in [1.165, 1.54) is 23.1 Å². The summed E-state index contributed by atoms with van der Waals surface area (Å²) in [5.41, 5.74) is 10.2. The van der Waals surface area contributed by atoms with E-state index in [-0.39, 0.29) is 5.60 Å². The normalized spacial score (nSPS) is 25.6. The Kier molecular flexibility index (Phi) is 4.84. The Morgan fingerprint density at radius 3 is 2.55 bits per heavy atom. The second-order valence-electron chi connectivity index (χ2n) is 6.29. The van der Waals surface area contributed by atoms with Crippen LogP contribution in [0.4, 0.5) is 0 Å². The minimum atomic E-state index is -0.0394. The van der Waals surface area contributed by atoms with Gasteiger partial charge < -0.3 is 10.5 Å². The Labute approximate surface area is 123 Å². The minimum absolute atomic E-state index is 0.0394. The summed E-state index contributed by atoms with van der Waals surface area (Å²) < 4.78 is 5.72. The average Bonchev–Trinajstić information content (AvgIpc) is 2.43. The molecular formula is C17H28N2O. The van der Waals surface area contributed by atoms with Gasteiger partial charge in [0.1, 0.15) is 0 Å². The summed E-state index contributed by atoms with van der Waals surface area (Å²) >= 11 is 0. The number of piperidine rings is 1. The molecule has 2 N–H and O–H groups in total. The molecule has 1 heterocycles. The van der Waals surface area contributed by atoms with Gasteiger partial charge in [-0.2, -0.15) is 0 Å². The fraction of sp³-hybridized carbons (Fsp3) is 0.647. The van der Waals surface area contributed by atoms with Crippen LogP contribution in [0.5, 0.6) is 0 Å². The van der Waals surface area contributed by atoms with E-state index < -0.39 is 0 Å². The Morgan fingerprint density at radius 1 is 1.35 bits per heavy atom. The number of methoxy groups -OCH3 is 1. The highest BCUT2D eigenvalue weighted by atomic mass is 16.5. The summed E-state index contributed by atoms with van der Waals surface area (Å²) in [6, 6.07) is 6.79. The van der Waals surface area contributed by atoms with Gasteiger partial charge in [0.2, 0.25) is 0 Å². The maximum absolute atomic E-state index is 6.12. The molecule has 1 aliphatic heterocycles. The minimum Gasteiger partial charge on any atom is -0.377 e. The molecule has 0 spiro atoms. The van der Waals surface area contributed by atoms with Gasteiger partial charge in [-0.25, -0.2) is 0 Å². The van der Waals surface area contributed by atoms with Crippen molar-refractivity contribution in [1.29, 1.82) is 0 Å². The first-order valence-corrected chi connectivity index (χ1v) is 7.56. The van der Waals surface area contributed by atoms with Crippen LogP contribution in [-0.4, -0.2) is 37.2 Å². The van der Waals surface area contributed by atoms with Crippen molar-refractivity contribution in [1.82, 2.24) is 4.90 Å². The SMILES string of the molecule is COC1(C)CCCN(C(CN)c2c(C)cccc2C)C1. The zero-order chi connectivity index (χ0) is 14.8. The van der Waals surface area contributed by atoms with Crippen molar-refractivity contribution in [3.63, 3.8) is 0 Å². The molecule has 2 unspecified atom stereocenters. The molecule has 1 aromatic rings. The van der Waals surface area contributed by atoms with Crippen molar-refractivity contribution in [3.8, 4) is 0 Å². The van der Waals surface area contributed by atoms with Crippen LogP contribution in [0.1, 0.15) is 42.5 Å². The predicted molar refractivity (Wildman–Crippen MR) is 83.9 cm³/mol. The van der Waals surface area contributed by atoms with Gasteiger partial charge in [-0.05, 0) is 56.8 Å². The van der Waals surface area contributed by atoms with E-state index in [0.717, 1.165) is 19.5 Å². The first kappa shape index (κ1) is 15.5. The Bertz CT molecular complexity index is 440. The van der Waals surface area contributed by atoms with Crippen LogP contribution in [-0.2, 0) is 4.74 Å². The van der Waals surface area contributed by atoms with Crippen molar-refractivity contribution in [2.24, 2.45) is 5.73 Å². The van der Waals surface area contributed by atoms with Crippen LogP contribution in [0.2, 0.25) is 0 Å².